The van der Waals surface area contributed by atoms with Crippen molar-refractivity contribution >= 4 is 0 Å². The second kappa shape index (κ2) is 10.3. The summed E-state index contributed by atoms with van der Waals surface area (Å²) in [6, 6.07) is 6.16. The highest BCUT2D eigenvalue weighted by Crippen LogP contribution is 2.36. The molecular weight excluding hydrogens is 266 g/mol. The van der Waals surface area contributed by atoms with Gasteiger partial charge < -0.3 is 19.5 Å². The fourth-order valence-corrected chi connectivity index (χ4v) is 2.22. The summed E-state index contributed by atoms with van der Waals surface area (Å²) < 4.78 is 16.4. The SMILES string of the molecule is CCCCCC(C)NCCOc1c(OC)cccc1OC. The number of nitrogens with one attached hydrogen (secondary N) is 1. The molecule has 0 bridgehead atoms. The average molecular weight is 295 g/mol. The molecule has 1 aromatic rings. The van der Waals surface area contributed by atoms with Gasteiger partial charge in [0.1, 0.15) is 6.61 Å². The topological polar surface area (TPSA) is 39.7 Å². The van der Waals surface area contributed by atoms with Crippen molar-refractivity contribution in [1.82, 2.24) is 5.32 Å². The number of rotatable bonds is 11. The van der Waals surface area contributed by atoms with E-state index in [0.717, 1.165) is 6.54 Å². The van der Waals surface area contributed by atoms with Gasteiger partial charge in [0.25, 0.3) is 0 Å². The van der Waals surface area contributed by atoms with Crippen LogP contribution >= 0.6 is 0 Å². The molecule has 0 fully saturated rings. The molecule has 1 aromatic carbocycles. The molecule has 120 valence electrons. The number of benzene rings is 1. The van der Waals surface area contributed by atoms with Gasteiger partial charge in [-0.2, -0.15) is 0 Å². The Balaban J connectivity index is 2.35. The second-order valence-electron chi connectivity index (χ2n) is 5.19. The predicted molar refractivity (Wildman–Crippen MR) is 86.6 cm³/mol. The Bertz CT molecular complexity index is 373. The molecule has 0 aliphatic heterocycles. The number of para-hydroxylation sites is 1. The maximum atomic E-state index is 5.81. The second-order valence-corrected chi connectivity index (χ2v) is 5.19. The summed E-state index contributed by atoms with van der Waals surface area (Å²) in [6.07, 6.45) is 5.07. The average Bonchev–Trinajstić information content (AvgIpc) is 2.51. The summed E-state index contributed by atoms with van der Waals surface area (Å²) in [5.74, 6) is 2.07. The first kappa shape index (κ1) is 17.6. The monoisotopic (exact) mass is 295 g/mol. The van der Waals surface area contributed by atoms with E-state index in [1.54, 1.807) is 14.2 Å². The van der Waals surface area contributed by atoms with Crippen molar-refractivity contribution in [3.05, 3.63) is 18.2 Å². The van der Waals surface area contributed by atoms with E-state index in [2.05, 4.69) is 19.2 Å². The Labute approximate surface area is 128 Å². The summed E-state index contributed by atoms with van der Waals surface area (Å²) in [5.41, 5.74) is 0. The number of ether oxygens (including phenoxy) is 3. The van der Waals surface area contributed by atoms with Gasteiger partial charge in [-0.1, -0.05) is 32.3 Å². The van der Waals surface area contributed by atoms with Gasteiger partial charge in [-0.3, -0.25) is 0 Å². The molecule has 4 nitrogen and oxygen atoms in total. The standard InChI is InChI=1S/C17H29NO3/c1-5-6-7-9-14(2)18-12-13-21-17-15(19-3)10-8-11-16(17)20-4/h8,10-11,14,18H,5-7,9,12-13H2,1-4H3. The third-order valence-corrected chi connectivity index (χ3v) is 3.46. The molecule has 0 amide bonds. The van der Waals surface area contributed by atoms with Crippen molar-refractivity contribution < 1.29 is 14.2 Å². The Morgan fingerprint density at radius 1 is 1.10 bits per heavy atom. The van der Waals surface area contributed by atoms with Crippen molar-refractivity contribution in [3.8, 4) is 17.2 Å². The summed E-state index contributed by atoms with van der Waals surface area (Å²) >= 11 is 0. The van der Waals surface area contributed by atoms with Crippen LogP contribution in [-0.2, 0) is 0 Å². The molecule has 0 spiro atoms. The maximum absolute atomic E-state index is 5.81. The zero-order valence-corrected chi connectivity index (χ0v) is 13.8. The number of hydrogen-bond acceptors (Lipinski definition) is 4. The molecule has 1 N–H and O–H groups in total. The van der Waals surface area contributed by atoms with E-state index in [9.17, 15) is 0 Å². The lowest BCUT2D eigenvalue weighted by molar-refractivity contribution is 0.268. The van der Waals surface area contributed by atoms with E-state index in [-0.39, 0.29) is 0 Å². The molecule has 1 unspecified atom stereocenters. The van der Waals surface area contributed by atoms with Crippen LogP contribution in [0.5, 0.6) is 17.2 Å². The van der Waals surface area contributed by atoms with E-state index >= 15 is 0 Å². The van der Waals surface area contributed by atoms with Crippen molar-refractivity contribution in [2.75, 3.05) is 27.4 Å². The van der Waals surface area contributed by atoms with Crippen molar-refractivity contribution in [2.24, 2.45) is 0 Å². The van der Waals surface area contributed by atoms with Crippen LogP contribution in [0.25, 0.3) is 0 Å². The van der Waals surface area contributed by atoms with E-state index in [4.69, 9.17) is 14.2 Å². The smallest absolute Gasteiger partial charge is 0.203 e. The number of hydrogen-bond donors (Lipinski definition) is 1. The molecule has 21 heavy (non-hydrogen) atoms. The first-order valence-electron chi connectivity index (χ1n) is 7.80. The van der Waals surface area contributed by atoms with Gasteiger partial charge in [-0.05, 0) is 25.5 Å². The third kappa shape index (κ3) is 6.25. The molecule has 1 rings (SSSR count). The van der Waals surface area contributed by atoms with Gasteiger partial charge in [0.15, 0.2) is 11.5 Å². The molecule has 0 heterocycles. The number of methoxy groups -OCH3 is 2. The minimum Gasteiger partial charge on any atom is -0.493 e. The van der Waals surface area contributed by atoms with Crippen molar-refractivity contribution in [3.63, 3.8) is 0 Å². The molecule has 0 aliphatic carbocycles. The zero-order valence-electron chi connectivity index (χ0n) is 13.8. The van der Waals surface area contributed by atoms with Crippen LogP contribution in [-0.4, -0.2) is 33.4 Å². The van der Waals surface area contributed by atoms with Crippen LogP contribution in [0, 0.1) is 0 Å². The van der Waals surface area contributed by atoms with Gasteiger partial charge in [-0.25, -0.2) is 0 Å². The van der Waals surface area contributed by atoms with Gasteiger partial charge in [0.2, 0.25) is 5.75 Å². The fourth-order valence-electron chi connectivity index (χ4n) is 2.22. The highest BCUT2D eigenvalue weighted by Gasteiger charge is 2.11. The summed E-state index contributed by atoms with van der Waals surface area (Å²) in [5, 5.41) is 3.48. The zero-order chi connectivity index (χ0) is 15.5. The fraction of sp³-hybridized carbons (Fsp3) is 0.647. The van der Waals surface area contributed by atoms with Crippen LogP contribution in [0.15, 0.2) is 18.2 Å². The Morgan fingerprint density at radius 2 is 1.76 bits per heavy atom. The van der Waals surface area contributed by atoms with Crippen molar-refractivity contribution in [1.29, 1.82) is 0 Å². The van der Waals surface area contributed by atoms with Gasteiger partial charge >= 0.3 is 0 Å². The molecule has 0 radical (unpaired) electrons. The molecule has 0 aliphatic rings. The maximum Gasteiger partial charge on any atom is 0.203 e. The highest BCUT2D eigenvalue weighted by atomic mass is 16.5. The van der Waals surface area contributed by atoms with E-state index < -0.39 is 0 Å². The molecule has 0 aromatic heterocycles. The molecule has 1 atom stereocenters. The van der Waals surface area contributed by atoms with Crippen LogP contribution < -0.4 is 19.5 Å². The van der Waals surface area contributed by atoms with Crippen LogP contribution in [0.1, 0.15) is 39.5 Å². The van der Waals surface area contributed by atoms with E-state index in [0.29, 0.717) is 29.9 Å². The predicted octanol–water partition coefficient (Wildman–Crippen LogP) is 3.64. The molecule has 4 heteroatoms. The minimum absolute atomic E-state index is 0.528. The number of unbranched alkanes of at least 4 members (excludes halogenated alkanes) is 2. The Morgan fingerprint density at radius 3 is 2.33 bits per heavy atom. The molecule has 0 saturated heterocycles. The van der Waals surface area contributed by atoms with Gasteiger partial charge in [0, 0.05) is 12.6 Å². The van der Waals surface area contributed by atoms with Crippen LogP contribution in [0.4, 0.5) is 0 Å². The van der Waals surface area contributed by atoms with E-state index in [1.807, 2.05) is 18.2 Å². The highest BCUT2D eigenvalue weighted by molar-refractivity contribution is 5.51. The lowest BCUT2D eigenvalue weighted by atomic mass is 10.1. The van der Waals surface area contributed by atoms with Gasteiger partial charge in [0.05, 0.1) is 14.2 Å². The van der Waals surface area contributed by atoms with E-state index in [1.165, 1.54) is 25.7 Å². The van der Waals surface area contributed by atoms with Crippen LogP contribution in [0.3, 0.4) is 0 Å². The molecule has 0 saturated carbocycles. The normalized spacial score (nSPS) is 12.0. The minimum atomic E-state index is 0.528. The summed E-state index contributed by atoms with van der Waals surface area (Å²) in [6.45, 7) is 5.86. The summed E-state index contributed by atoms with van der Waals surface area (Å²) in [4.78, 5) is 0. The van der Waals surface area contributed by atoms with Crippen molar-refractivity contribution in [2.45, 2.75) is 45.6 Å². The summed E-state index contributed by atoms with van der Waals surface area (Å²) in [7, 11) is 3.27. The molecular formula is C17H29NO3. The van der Waals surface area contributed by atoms with Gasteiger partial charge in [-0.15, -0.1) is 0 Å². The Kier molecular flexibility index (Phi) is 8.67. The first-order chi connectivity index (χ1) is 10.2. The largest absolute Gasteiger partial charge is 0.493 e. The quantitative estimate of drug-likeness (QED) is 0.633. The first-order valence-corrected chi connectivity index (χ1v) is 7.80. The lowest BCUT2D eigenvalue weighted by Crippen LogP contribution is -2.30. The lowest BCUT2D eigenvalue weighted by Gasteiger charge is -2.16. The van der Waals surface area contributed by atoms with Crippen LogP contribution in [0.2, 0.25) is 0 Å². The Hall–Kier alpha value is -1.42. The third-order valence-electron chi connectivity index (χ3n) is 3.46.